The summed E-state index contributed by atoms with van der Waals surface area (Å²) in [4.78, 5) is 1.35. The molecule has 3 aromatic rings. The third-order valence-corrected chi connectivity index (χ3v) is 5.71. The molecule has 0 amide bonds. The highest BCUT2D eigenvalue weighted by Gasteiger charge is 2.13. The summed E-state index contributed by atoms with van der Waals surface area (Å²) in [6.45, 7) is 0. The fourth-order valence-electron chi connectivity index (χ4n) is 2.42. The molecule has 2 nitrogen and oxygen atoms in total. The molecule has 3 N–H and O–H groups in total. The van der Waals surface area contributed by atoms with Crippen molar-refractivity contribution in [3.63, 3.8) is 0 Å². The molecule has 3 rings (SSSR count). The Balaban J connectivity index is 1.61. The highest BCUT2D eigenvalue weighted by molar-refractivity contribution is 7.26. The van der Waals surface area contributed by atoms with E-state index in [1.165, 1.54) is 19.8 Å². The second-order valence-electron chi connectivity index (χ2n) is 4.89. The Morgan fingerprint density at radius 1 is 1.10 bits per heavy atom. The first-order valence-corrected chi connectivity index (χ1v) is 8.53. The Hall–Kier alpha value is -1.20. The summed E-state index contributed by atoms with van der Waals surface area (Å²) in [6.07, 6.45) is 3.32. The highest BCUT2D eigenvalue weighted by atomic mass is 32.1. The molecule has 20 heavy (non-hydrogen) atoms. The van der Waals surface area contributed by atoms with Crippen LogP contribution in [0.3, 0.4) is 0 Å². The third-order valence-electron chi connectivity index (χ3n) is 3.50. The summed E-state index contributed by atoms with van der Waals surface area (Å²) < 4.78 is 2.74. The van der Waals surface area contributed by atoms with Crippen LogP contribution < -0.4 is 11.3 Å². The lowest BCUT2D eigenvalue weighted by atomic mass is 10.0. The number of hydrazine groups is 1. The van der Waals surface area contributed by atoms with Crippen molar-refractivity contribution in [1.82, 2.24) is 5.43 Å². The summed E-state index contributed by atoms with van der Waals surface area (Å²) in [5.74, 6) is 5.73. The monoisotopic (exact) mass is 302 g/mol. The van der Waals surface area contributed by atoms with Crippen LogP contribution in [0.5, 0.6) is 0 Å². The van der Waals surface area contributed by atoms with Crippen molar-refractivity contribution < 1.29 is 0 Å². The van der Waals surface area contributed by atoms with Gasteiger partial charge < -0.3 is 0 Å². The van der Waals surface area contributed by atoms with Gasteiger partial charge in [0.25, 0.3) is 0 Å². The van der Waals surface area contributed by atoms with Crippen molar-refractivity contribution in [2.45, 2.75) is 25.3 Å². The zero-order valence-corrected chi connectivity index (χ0v) is 12.8. The van der Waals surface area contributed by atoms with Gasteiger partial charge in [0.2, 0.25) is 0 Å². The summed E-state index contributed by atoms with van der Waals surface area (Å²) in [7, 11) is 0. The van der Waals surface area contributed by atoms with E-state index in [0.29, 0.717) is 0 Å². The Kier molecular flexibility index (Phi) is 4.47. The number of hydrogen-bond acceptors (Lipinski definition) is 4. The molecule has 1 unspecified atom stereocenters. The summed E-state index contributed by atoms with van der Waals surface area (Å²) in [5.41, 5.74) is 4.37. The molecule has 104 valence electrons. The molecular formula is C16H18N2S2. The highest BCUT2D eigenvalue weighted by Crippen LogP contribution is 2.34. The molecule has 0 bridgehead atoms. The number of benzene rings is 1. The lowest BCUT2D eigenvalue weighted by molar-refractivity contribution is 0.506. The average molecular weight is 302 g/mol. The molecule has 1 aromatic carbocycles. The first-order valence-electron chi connectivity index (χ1n) is 6.84. The van der Waals surface area contributed by atoms with Crippen LogP contribution in [0.4, 0.5) is 0 Å². The van der Waals surface area contributed by atoms with Crippen molar-refractivity contribution in [3.8, 4) is 0 Å². The van der Waals surface area contributed by atoms with E-state index >= 15 is 0 Å². The van der Waals surface area contributed by atoms with E-state index in [0.717, 1.165) is 19.3 Å². The lowest BCUT2D eigenvalue weighted by Gasteiger charge is -2.13. The van der Waals surface area contributed by atoms with E-state index in [9.17, 15) is 0 Å². The predicted molar refractivity (Wildman–Crippen MR) is 89.1 cm³/mol. The molecule has 0 saturated heterocycles. The number of nitrogens with one attached hydrogen (secondary N) is 1. The fourth-order valence-corrected chi connectivity index (χ4v) is 4.63. The molecule has 0 fully saturated rings. The molecule has 0 spiro atoms. The molecule has 0 saturated carbocycles. The number of rotatable bonds is 6. The molecule has 4 heteroatoms. The quantitative estimate of drug-likeness (QED) is 0.520. The van der Waals surface area contributed by atoms with Crippen molar-refractivity contribution in [2.24, 2.45) is 5.84 Å². The standard InChI is InChI=1S/C16H18N2S2/c17-18-13(8-4-7-12-5-2-1-3-6-12)15-11-16-14(20-15)9-10-19-16/h1-3,5-6,9-11,13,18H,4,7-8,17H2. The van der Waals surface area contributed by atoms with Gasteiger partial charge in [-0.3, -0.25) is 11.3 Å². The Morgan fingerprint density at radius 3 is 2.70 bits per heavy atom. The van der Waals surface area contributed by atoms with Crippen LogP contribution in [-0.4, -0.2) is 0 Å². The minimum absolute atomic E-state index is 0.267. The molecular weight excluding hydrogens is 284 g/mol. The number of fused-ring (bicyclic) bond motifs is 1. The summed E-state index contributed by atoms with van der Waals surface area (Å²) in [5, 5.41) is 2.14. The Labute approximate surface area is 127 Å². The molecule has 2 heterocycles. The van der Waals surface area contributed by atoms with Gasteiger partial charge >= 0.3 is 0 Å². The molecule has 0 aliphatic rings. The van der Waals surface area contributed by atoms with Gasteiger partial charge in [-0.2, -0.15) is 0 Å². The van der Waals surface area contributed by atoms with Gasteiger partial charge in [-0.1, -0.05) is 30.3 Å². The van der Waals surface area contributed by atoms with Crippen LogP contribution in [0.2, 0.25) is 0 Å². The van der Waals surface area contributed by atoms with Crippen LogP contribution in [0.15, 0.2) is 47.8 Å². The van der Waals surface area contributed by atoms with E-state index in [1.54, 1.807) is 11.3 Å². The van der Waals surface area contributed by atoms with Crippen LogP contribution in [0.1, 0.15) is 29.3 Å². The van der Waals surface area contributed by atoms with Crippen molar-refractivity contribution in [1.29, 1.82) is 0 Å². The van der Waals surface area contributed by atoms with E-state index in [1.807, 2.05) is 11.3 Å². The third kappa shape index (κ3) is 3.10. The molecule has 1 atom stereocenters. The zero-order valence-electron chi connectivity index (χ0n) is 11.2. The van der Waals surface area contributed by atoms with Crippen LogP contribution >= 0.6 is 22.7 Å². The van der Waals surface area contributed by atoms with Gasteiger partial charge in [-0.05, 0) is 42.3 Å². The van der Waals surface area contributed by atoms with Crippen LogP contribution in [-0.2, 0) is 6.42 Å². The van der Waals surface area contributed by atoms with Crippen LogP contribution in [0.25, 0.3) is 9.40 Å². The summed E-state index contributed by atoms with van der Waals surface area (Å²) in [6, 6.07) is 15.4. The summed E-state index contributed by atoms with van der Waals surface area (Å²) >= 11 is 3.65. The molecule has 2 aromatic heterocycles. The number of nitrogens with two attached hydrogens (primary N) is 1. The normalized spacial score (nSPS) is 12.8. The predicted octanol–water partition coefficient (Wildman–Crippen LogP) is 4.49. The number of aryl methyl sites for hydroxylation is 1. The number of thiophene rings is 2. The second-order valence-corrected chi connectivity index (χ2v) is 6.96. The first-order chi connectivity index (χ1) is 9.86. The smallest absolute Gasteiger partial charge is 0.0554 e. The lowest BCUT2D eigenvalue weighted by Crippen LogP contribution is -2.27. The topological polar surface area (TPSA) is 38.0 Å². The van der Waals surface area contributed by atoms with Gasteiger partial charge in [-0.25, -0.2) is 0 Å². The maximum Gasteiger partial charge on any atom is 0.0554 e. The largest absolute Gasteiger partial charge is 0.271 e. The zero-order chi connectivity index (χ0) is 13.8. The van der Waals surface area contributed by atoms with E-state index in [-0.39, 0.29) is 6.04 Å². The van der Waals surface area contributed by atoms with Gasteiger partial charge in [0.05, 0.1) is 6.04 Å². The second kappa shape index (κ2) is 6.50. The van der Waals surface area contributed by atoms with Gasteiger partial charge in [0.1, 0.15) is 0 Å². The van der Waals surface area contributed by atoms with E-state index in [2.05, 4.69) is 53.3 Å². The molecule has 0 radical (unpaired) electrons. The minimum atomic E-state index is 0.267. The molecule has 0 aliphatic heterocycles. The van der Waals surface area contributed by atoms with Gasteiger partial charge in [-0.15, -0.1) is 22.7 Å². The average Bonchev–Trinajstić information content (AvgIpc) is 3.06. The SMILES string of the molecule is NNC(CCCc1ccccc1)c1cc2sccc2s1. The first kappa shape index (κ1) is 13.8. The van der Waals surface area contributed by atoms with Crippen LogP contribution in [0, 0.1) is 0 Å². The number of hydrogen-bond donors (Lipinski definition) is 2. The minimum Gasteiger partial charge on any atom is -0.271 e. The maximum absolute atomic E-state index is 5.73. The van der Waals surface area contributed by atoms with Crippen molar-refractivity contribution in [2.75, 3.05) is 0 Å². The van der Waals surface area contributed by atoms with Crippen molar-refractivity contribution >= 4 is 32.1 Å². The Bertz CT molecular complexity index is 629. The Morgan fingerprint density at radius 2 is 1.95 bits per heavy atom. The van der Waals surface area contributed by atoms with Crippen molar-refractivity contribution in [3.05, 3.63) is 58.3 Å². The fraction of sp³-hybridized carbons (Fsp3) is 0.250. The van der Waals surface area contributed by atoms with Gasteiger partial charge in [0, 0.05) is 14.3 Å². The van der Waals surface area contributed by atoms with Gasteiger partial charge in [0.15, 0.2) is 0 Å². The maximum atomic E-state index is 5.73. The molecule has 0 aliphatic carbocycles. The van der Waals surface area contributed by atoms with E-state index in [4.69, 9.17) is 5.84 Å². The van der Waals surface area contributed by atoms with E-state index < -0.39 is 0 Å².